The van der Waals surface area contributed by atoms with Crippen LogP contribution in [-0.4, -0.2) is 27.6 Å². The molecule has 0 unspecified atom stereocenters. The fourth-order valence-corrected chi connectivity index (χ4v) is 1.08. The van der Waals surface area contributed by atoms with Gasteiger partial charge in [-0.15, -0.1) is 0 Å². The van der Waals surface area contributed by atoms with E-state index in [1.807, 2.05) is 20.8 Å². The van der Waals surface area contributed by atoms with Gasteiger partial charge in [-0.05, 0) is 5.41 Å². The van der Waals surface area contributed by atoms with Gasteiger partial charge in [0.25, 0.3) is 0 Å². The molecule has 0 atom stereocenters. The molecule has 0 saturated heterocycles. The summed E-state index contributed by atoms with van der Waals surface area (Å²) >= 11 is 0. The van der Waals surface area contributed by atoms with E-state index >= 15 is 0 Å². The third-order valence-electron chi connectivity index (χ3n) is 1.91. The molecule has 90 valence electrons. The van der Waals surface area contributed by atoms with Crippen LogP contribution in [0.1, 0.15) is 37.0 Å². The Kier molecular flexibility index (Phi) is 3.63. The summed E-state index contributed by atoms with van der Waals surface area (Å²) in [6.07, 6.45) is 1.14. The van der Waals surface area contributed by atoms with Crippen LogP contribution in [-0.2, 0) is 0 Å². The predicted octanol–water partition coefficient (Wildman–Crippen LogP) is 1.50. The maximum atomic E-state index is 10.9. The Balaban J connectivity index is 3.02. The van der Waals surface area contributed by atoms with Gasteiger partial charge in [0.05, 0.1) is 0 Å². The van der Waals surface area contributed by atoms with Crippen LogP contribution in [0.4, 0.5) is 5.82 Å². The zero-order valence-corrected chi connectivity index (χ0v) is 9.98. The normalized spacial score (nSPS) is 10.7. The van der Waals surface area contributed by atoms with Crippen molar-refractivity contribution in [3.8, 4) is 6.07 Å². The Morgan fingerprint density at radius 1 is 1.59 bits per heavy atom. The standard InChI is InChI=1S/C11H14N4O2/c1-11(2,3)6-14-9-7(10(16)17)5-13-8(4-12)15-9/h5H,6H2,1-3H3,(H,16,17)(H,13,14,15). The van der Waals surface area contributed by atoms with Gasteiger partial charge in [0.15, 0.2) is 0 Å². The third-order valence-corrected chi connectivity index (χ3v) is 1.91. The molecular weight excluding hydrogens is 220 g/mol. The summed E-state index contributed by atoms with van der Waals surface area (Å²) in [6.45, 7) is 6.57. The number of nitriles is 1. The molecule has 2 N–H and O–H groups in total. The molecule has 1 aromatic rings. The Morgan fingerprint density at radius 3 is 2.71 bits per heavy atom. The maximum absolute atomic E-state index is 10.9. The lowest BCUT2D eigenvalue weighted by molar-refractivity contribution is 0.0697. The largest absolute Gasteiger partial charge is 0.477 e. The van der Waals surface area contributed by atoms with E-state index in [9.17, 15) is 4.79 Å². The van der Waals surface area contributed by atoms with Crippen molar-refractivity contribution < 1.29 is 9.90 Å². The van der Waals surface area contributed by atoms with Crippen LogP contribution in [0.3, 0.4) is 0 Å². The first-order valence-electron chi connectivity index (χ1n) is 5.08. The lowest BCUT2D eigenvalue weighted by atomic mass is 9.97. The Morgan fingerprint density at radius 2 is 2.24 bits per heavy atom. The number of hydrogen-bond donors (Lipinski definition) is 2. The van der Waals surface area contributed by atoms with Gasteiger partial charge >= 0.3 is 5.97 Å². The Hall–Kier alpha value is -2.16. The molecule has 0 bridgehead atoms. The number of carboxylic acid groups (broad SMARTS) is 1. The summed E-state index contributed by atoms with van der Waals surface area (Å²) in [5, 5.41) is 20.6. The Labute approximate surface area is 99.3 Å². The zero-order valence-electron chi connectivity index (χ0n) is 9.98. The minimum Gasteiger partial charge on any atom is -0.477 e. The molecule has 6 heteroatoms. The van der Waals surface area contributed by atoms with E-state index in [0.29, 0.717) is 6.54 Å². The molecule has 0 spiro atoms. The highest BCUT2D eigenvalue weighted by molar-refractivity contribution is 5.92. The van der Waals surface area contributed by atoms with Crippen molar-refractivity contribution in [2.24, 2.45) is 5.41 Å². The molecule has 17 heavy (non-hydrogen) atoms. The SMILES string of the molecule is CC(C)(C)CNc1nc(C#N)ncc1C(=O)O. The van der Waals surface area contributed by atoms with E-state index in [1.54, 1.807) is 6.07 Å². The summed E-state index contributed by atoms with van der Waals surface area (Å²) in [5.74, 6) is -0.990. The van der Waals surface area contributed by atoms with Crippen molar-refractivity contribution in [3.05, 3.63) is 17.6 Å². The van der Waals surface area contributed by atoms with Crippen LogP contribution >= 0.6 is 0 Å². The minimum atomic E-state index is -1.12. The molecule has 0 aliphatic heterocycles. The average Bonchev–Trinajstić information content (AvgIpc) is 2.24. The molecule has 1 rings (SSSR count). The van der Waals surface area contributed by atoms with E-state index in [4.69, 9.17) is 10.4 Å². The lowest BCUT2D eigenvalue weighted by Gasteiger charge is -2.19. The Bertz CT molecular complexity index is 471. The van der Waals surface area contributed by atoms with Crippen molar-refractivity contribution >= 4 is 11.8 Å². The molecular formula is C11H14N4O2. The van der Waals surface area contributed by atoms with Gasteiger partial charge in [-0.25, -0.2) is 14.8 Å². The van der Waals surface area contributed by atoms with Crippen LogP contribution in [0, 0.1) is 16.7 Å². The number of anilines is 1. The van der Waals surface area contributed by atoms with Gasteiger partial charge in [0.2, 0.25) is 5.82 Å². The number of nitrogens with zero attached hydrogens (tertiary/aromatic N) is 3. The molecule has 0 amide bonds. The first-order valence-corrected chi connectivity index (χ1v) is 5.08. The average molecular weight is 234 g/mol. The fraction of sp³-hybridized carbons (Fsp3) is 0.455. The number of aromatic nitrogens is 2. The van der Waals surface area contributed by atoms with Crippen molar-refractivity contribution in [1.82, 2.24) is 9.97 Å². The molecule has 0 aromatic carbocycles. The van der Waals surface area contributed by atoms with E-state index in [1.165, 1.54) is 0 Å². The van der Waals surface area contributed by atoms with Gasteiger partial charge < -0.3 is 10.4 Å². The van der Waals surface area contributed by atoms with Gasteiger partial charge in [0, 0.05) is 12.7 Å². The number of nitrogens with one attached hydrogen (secondary N) is 1. The molecule has 0 aliphatic rings. The molecule has 0 aliphatic carbocycles. The van der Waals surface area contributed by atoms with Crippen molar-refractivity contribution in [2.45, 2.75) is 20.8 Å². The van der Waals surface area contributed by atoms with Gasteiger partial charge in [-0.2, -0.15) is 5.26 Å². The van der Waals surface area contributed by atoms with Crippen LogP contribution < -0.4 is 5.32 Å². The number of rotatable bonds is 3. The second kappa shape index (κ2) is 4.78. The highest BCUT2D eigenvalue weighted by atomic mass is 16.4. The fourth-order valence-electron chi connectivity index (χ4n) is 1.08. The van der Waals surface area contributed by atoms with Gasteiger partial charge in [0.1, 0.15) is 17.5 Å². The summed E-state index contributed by atoms with van der Waals surface area (Å²) in [4.78, 5) is 18.4. The van der Waals surface area contributed by atoms with Crippen molar-refractivity contribution in [1.29, 1.82) is 5.26 Å². The van der Waals surface area contributed by atoms with Crippen LogP contribution in [0.15, 0.2) is 6.20 Å². The molecule has 0 radical (unpaired) electrons. The van der Waals surface area contributed by atoms with Crippen molar-refractivity contribution in [3.63, 3.8) is 0 Å². The van der Waals surface area contributed by atoms with Crippen LogP contribution in [0.5, 0.6) is 0 Å². The van der Waals surface area contributed by atoms with Crippen LogP contribution in [0.2, 0.25) is 0 Å². The molecule has 0 saturated carbocycles. The predicted molar refractivity (Wildman–Crippen MR) is 61.7 cm³/mol. The smallest absolute Gasteiger partial charge is 0.341 e. The minimum absolute atomic E-state index is 0.0203. The molecule has 0 fully saturated rings. The third kappa shape index (κ3) is 3.72. The van der Waals surface area contributed by atoms with E-state index in [-0.39, 0.29) is 22.6 Å². The first-order chi connectivity index (χ1) is 7.83. The summed E-state index contributed by atoms with van der Waals surface area (Å²) in [6, 6.07) is 1.78. The van der Waals surface area contributed by atoms with E-state index < -0.39 is 5.97 Å². The molecule has 6 nitrogen and oxygen atoms in total. The van der Waals surface area contributed by atoms with Gasteiger partial charge in [-0.1, -0.05) is 20.8 Å². The first kappa shape index (κ1) is 12.9. The monoisotopic (exact) mass is 234 g/mol. The highest BCUT2D eigenvalue weighted by Crippen LogP contribution is 2.17. The highest BCUT2D eigenvalue weighted by Gasteiger charge is 2.16. The second-order valence-electron chi connectivity index (χ2n) is 4.79. The number of hydrogen-bond acceptors (Lipinski definition) is 5. The summed E-state index contributed by atoms with van der Waals surface area (Å²) in [7, 11) is 0. The summed E-state index contributed by atoms with van der Waals surface area (Å²) in [5.41, 5.74) is -0.0543. The lowest BCUT2D eigenvalue weighted by Crippen LogP contribution is -2.21. The molecule has 1 heterocycles. The van der Waals surface area contributed by atoms with E-state index in [0.717, 1.165) is 6.20 Å². The molecule has 1 aromatic heterocycles. The summed E-state index contributed by atoms with van der Waals surface area (Å²) < 4.78 is 0. The quantitative estimate of drug-likeness (QED) is 0.822. The number of aromatic carboxylic acids is 1. The van der Waals surface area contributed by atoms with Gasteiger partial charge in [-0.3, -0.25) is 0 Å². The van der Waals surface area contributed by atoms with Crippen molar-refractivity contribution in [2.75, 3.05) is 11.9 Å². The second-order valence-corrected chi connectivity index (χ2v) is 4.79. The zero-order chi connectivity index (χ0) is 13.1. The maximum Gasteiger partial charge on any atom is 0.341 e. The van der Waals surface area contributed by atoms with E-state index in [2.05, 4.69) is 15.3 Å². The topological polar surface area (TPSA) is 98.9 Å². The van der Waals surface area contributed by atoms with Crippen LogP contribution in [0.25, 0.3) is 0 Å². The number of carboxylic acids is 1. The number of carbonyl (C=O) groups is 1.